The molecule has 1 aromatic heterocycles. The van der Waals surface area contributed by atoms with Crippen LogP contribution in [-0.4, -0.2) is 88.2 Å². The number of fused-ring (bicyclic) bond motifs is 1. The van der Waals surface area contributed by atoms with Gasteiger partial charge >= 0.3 is 0 Å². The number of aromatic nitrogens is 3. The second kappa shape index (κ2) is 6.71. The van der Waals surface area contributed by atoms with Crippen molar-refractivity contribution in [2.45, 2.75) is 32.0 Å². The van der Waals surface area contributed by atoms with Gasteiger partial charge in [-0.3, -0.25) is 14.3 Å². The topological polar surface area (TPSA) is 131 Å². The van der Waals surface area contributed by atoms with Crippen LogP contribution in [0.5, 0.6) is 0 Å². The Kier molecular flexibility index (Phi) is 4.78. The summed E-state index contributed by atoms with van der Waals surface area (Å²) in [5, 5.41) is 7.72. The van der Waals surface area contributed by atoms with Gasteiger partial charge in [0.05, 0.1) is 36.3 Å². The third kappa shape index (κ3) is 3.38. The van der Waals surface area contributed by atoms with Gasteiger partial charge in [0.1, 0.15) is 0 Å². The fraction of sp³-hybridized carbons (Fsp3) is 0.714. The van der Waals surface area contributed by atoms with E-state index in [0.717, 1.165) is 0 Å². The minimum atomic E-state index is -3.30. The van der Waals surface area contributed by atoms with Crippen molar-refractivity contribution in [2.24, 2.45) is 5.73 Å². The standard InChI is InChI=1S/C14H22N6O4S/c1-2-13(21)19-5-6-20(12-9-25(23,24)8-11(12)19)14(22)10-7-18(4-3-15)17-16-10/h7,11-12H,2-6,8-9,15H2,1H3/t11-,12+/m0/s1. The van der Waals surface area contributed by atoms with Crippen molar-refractivity contribution in [3.05, 3.63) is 11.9 Å². The van der Waals surface area contributed by atoms with Crippen LogP contribution in [0.25, 0.3) is 0 Å². The van der Waals surface area contributed by atoms with E-state index in [1.165, 1.54) is 15.8 Å². The molecule has 0 bridgehead atoms. The van der Waals surface area contributed by atoms with Crippen molar-refractivity contribution in [2.75, 3.05) is 31.1 Å². The molecule has 2 amide bonds. The van der Waals surface area contributed by atoms with E-state index in [4.69, 9.17) is 5.73 Å². The fourth-order valence-electron chi connectivity index (χ4n) is 3.50. The van der Waals surface area contributed by atoms with Gasteiger partial charge in [-0.15, -0.1) is 5.10 Å². The summed E-state index contributed by atoms with van der Waals surface area (Å²) >= 11 is 0. The first-order valence-corrected chi connectivity index (χ1v) is 10.1. The summed E-state index contributed by atoms with van der Waals surface area (Å²) in [4.78, 5) is 28.1. The average molecular weight is 370 g/mol. The summed E-state index contributed by atoms with van der Waals surface area (Å²) in [7, 11) is -3.30. The molecule has 2 aliphatic heterocycles. The predicted octanol–water partition coefficient (Wildman–Crippen LogP) is -1.90. The molecule has 0 aromatic carbocycles. The normalized spacial score (nSPS) is 25.0. The Labute approximate surface area is 145 Å². The van der Waals surface area contributed by atoms with E-state index >= 15 is 0 Å². The first kappa shape index (κ1) is 17.8. The van der Waals surface area contributed by atoms with Gasteiger partial charge in [-0.25, -0.2) is 8.42 Å². The summed E-state index contributed by atoms with van der Waals surface area (Å²) < 4.78 is 25.7. The highest BCUT2D eigenvalue weighted by Gasteiger charge is 2.49. The summed E-state index contributed by atoms with van der Waals surface area (Å²) in [6.07, 6.45) is 1.82. The molecular weight excluding hydrogens is 348 g/mol. The third-order valence-electron chi connectivity index (χ3n) is 4.68. The molecule has 0 radical (unpaired) electrons. The molecule has 2 atom stereocenters. The molecule has 0 aliphatic carbocycles. The van der Waals surface area contributed by atoms with Crippen LogP contribution in [0.1, 0.15) is 23.8 Å². The highest BCUT2D eigenvalue weighted by atomic mass is 32.2. The first-order valence-electron chi connectivity index (χ1n) is 8.27. The fourth-order valence-corrected chi connectivity index (χ4v) is 5.48. The lowest BCUT2D eigenvalue weighted by molar-refractivity contribution is -0.135. The zero-order valence-electron chi connectivity index (χ0n) is 14.0. The summed E-state index contributed by atoms with van der Waals surface area (Å²) in [6.45, 7) is 3.17. The predicted molar refractivity (Wildman–Crippen MR) is 88.3 cm³/mol. The molecule has 138 valence electrons. The van der Waals surface area contributed by atoms with Crippen LogP contribution >= 0.6 is 0 Å². The van der Waals surface area contributed by atoms with Gasteiger partial charge in [0.15, 0.2) is 15.5 Å². The quantitative estimate of drug-likeness (QED) is 0.654. The lowest BCUT2D eigenvalue weighted by atomic mass is 10.0. The molecule has 0 saturated carbocycles. The monoisotopic (exact) mass is 370 g/mol. The van der Waals surface area contributed by atoms with Crippen LogP contribution in [0.15, 0.2) is 6.20 Å². The Bertz CT molecular complexity index is 776. The maximum absolute atomic E-state index is 12.8. The summed E-state index contributed by atoms with van der Waals surface area (Å²) in [6, 6.07) is -1.03. The number of rotatable bonds is 4. The first-order chi connectivity index (χ1) is 11.9. The van der Waals surface area contributed by atoms with E-state index in [9.17, 15) is 18.0 Å². The number of carbonyl (C=O) groups excluding carboxylic acids is 2. The smallest absolute Gasteiger partial charge is 0.276 e. The number of piperazine rings is 1. The average Bonchev–Trinajstić information content (AvgIpc) is 3.15. The molecule has 3 rings (SSSR count). The number of hydrogen-bond donors (Lipinski definition) is 1. The second-order valence-electron chi connectivity index (χ2n) is 6.31. The maximum atomic E-state index is 12.8. The highest BCUT2D eigenvalue weighted by Crippen LogP contribution is 2.28. The third-order valence-corrected chi connectivity index (χ3v) is 6.37. The summed E-state index contributed by atoms with van der Waals surface area (Å²) in [5.41, 5.74) is 5.62. The van der Waals surface area contributed by atoms with E-state index in [-0.39, 0.29) is 35.6 Å². The molecule has 1 aromatic rings. The van der Waals surface area contributed by atoms with E-state index in [1.54, 1.807) is 11.8 Å². The zero-order chi connectivity index (χ0) is 18.2. The van der Waals surface area contributed by atoms with Crippen molar-refractivity contribution in [1.82, 2.24) is 24.8 Å². The van der Waals surface area contributed by atoms with Gasteiger partial charge in [-0.1, -0.05) is 12.1 Å². The Balaban J connectivity index is 1.84. The molecule has 2 aliphatic rings. The Morgan fingerprint density at radius 2 is 1.88 bits per heavy atom. The second-order valence-corrected chi connectivity index (χ2v) is 8.46. The number of sulfone groups is 1. The largest absolute Gasteiger partial charge is 0.335 e. The lowest BCUT2D eigenvalue weighted by Crippen LogP contribution is -2.61. The number of carbonyl (C=O) groups is 2. The van der Waals surface area contributed by atoms with Crippen LogP contribution in [0, 0.1) is 0 Å². The minimum Gasteiger partial charge on any atom is -0.335 e. The molecule has 11 heteroatoms. The molecule has 0 unspecified atom stereocenters. The summed E-state index contributed by atoms with van der Waals surface area (Å²) in [5.74, 6) is -0.687. The molecule has 25 heavy (non-hydrogen) atoms. The van der Waals surface area contributed by atoms with Crippen molar-refractivity contribution in [3.8, 4) is 0 Å². The van der Waals surface area contributed by atoms with Crippen molar-refractivity contribution in [3.63, 3.8) is 0 Å². The van der Waals surface area contributed by atoms with Crippen LogP contribution in [0.3, 0.4) is 0 Å². The minimum absolute atomic E-state index is 0.0897. The Morgan fingerprint density at radius 1 is 1.24 bits per heavy atom. The van der Waals surface area contributed by atoms with Gasteiger partial charge in [0, 0.05) is 26.1 Å². The molecule has 0 spiro atoms. The molecule has 10 nitrogen and oxygen atoms in total. The zero-order valence-corrected chi connectivity index (χ0v) is 14.9. The van der Waals surface area contributed by atoms with Gasteiger partial charge in [0.2, 0.25) is 5.91 Å². The Morgan fingerprint density at radius 3 is 2.52 bits per heavy atom. The molecule has 2 saturated heterocycles. The SMILES string of the molecule is CCC(=O)N1CCN(C(=O)c2cn(CCN)nn2)[C@@H]2CS(=O)(=O)C[C@@H]21. The molecule has 2 N–H and O–H groups in total. The van der Waals surface area contributed by atoms with Crippen LogP contribution in [0.2, 0.25) is 0 Å². The van der Waals surface area contributed by atoms with Crippen molar-refractivity contribution < 1.29 is 18.0 Å². The van der Waals surface area contributed by atoms with Crippen LogP contribution < -0.4 is 5.73 Å². The number of hydrogen-bond acceptors (Lipinski definition) is 7. The van der Waals surface area contributed by atoms with Gasteiger partial charge in [0.25, 0.3) is 5.91 Å². The number of amides is 2. The van der Waals surface area contributed by atoms with E-state index < -0.39 is 21.9 Å². The van der Waals surface area contributed by atoms with Gasteiger partial charge < -0.3 is 15.5 Å². The molecule has 2 fully saturated rings. The maximum Gasteiger partial charge on any atom is 0.276 e. The van der Waals surface area contributed by atoms with Gasteiger partial charge in [-0.2, -0.15) is 0 Å². The number of nitrogens with two attached hydrogens (primary N) is 1. The van der Waals surface area contributed by atoms with Crippen molar-refractivity contribution in [1.29, 1.82) is 0 Å². The van der Waals surface area contributed by atoms with E-state index in [0.29, 0.717) is 26.1 Å². The van der Waals surface area contributed by atoms with Gasteiger partial charge in [-0.05, 0) is 0 Å². The highest BCUT2D eigenvalue weighted by molar-refractivity contribution is 7.91. The lowest BCUT2D eigenvalue weighted by Gasteiger charge is -2.43. The molecule has 3 heterocycles. The van der Waals surface area contributed by atoms with E-state index in [2.05, 4.69) is 10.3 Å². The van der Waals surface area contributed by atoms with Crippen LogP contribution in [-0.2, 0) is 21.2 Å². The van der Waals surface area contributed by atoms with Crippen molar-refractivity contribution >= 4 is 21.7 Å². The van der Waals surface area contributed by atoms with Crippen LogP contribution in [0.4, 0.5) is 0 Å². The Hall–Kier alpha value is -2.01. The number of nitrogens with zero attached hydrogens (tertiary/aromatic N) is 5. The van der Waals surface area contributed by atoms with E-state index in [1.807, 2.05) is 0 Å². The molecular formula is C14H22N6O4S.